The van der Waals surface area contributed by atoms with E-state index < -0.39 is 10.0 Å². The first-order valence-corrected chi connectivity index (χ1v) is 10.2. The molecule has 1 aromatic heterocycles. The molecule has 0 unspecified atom stereocenters. The van der Waals surface area contributed by atoms with Gasteiger partial charge in [0.15, 0.2) is 0 Å². The molecular formula is C14H25N3O2S2. The van der Waals surface area contributed by atoms with Gasteiger partial charge in [-0.15, -0.1) is 0 Å². The van der Waals surface area contributed by atoms with Crippen LogP contribution in [-0.2, 0) is 10.0 Å². The highest BCUT2D eigenvalue weighted by Gasteiger charge is 2.17. The fraction of sp³-hybridized carbons (Fsp3) is 0.643. The van der Waals surface area contributed by atoms with Crippen molar-refractivity contribution in [1.82, 2.24) is 9.71 Å². The summed E-state index contributed by atoms with van der Waals surface area (Å²) in [5, 5.41) is 3.13. The second kappa shape index (κ2) is 10.0. The van der Waals surface area contributed by atoms with E-state index in [4.69, 9.17) is 0 Å². The van der Waals surface area contributed by atoms with Crippen LogP contribution in [0, 0.1) is 0 Å². The van der Waals surface area contributed by atoms with Gasteiger partial charge in [-0.3, -0.25) is 4.98 Å². The maximum Gasteiger partial charge on any atom is 0.244 e. The lowest BCUT2D eigenvalue weighted by Crippen LogP contribution is -2.26. The highest BCUT2D eigenvalue weighted by Crippen LogP contribution is 2.19. The van der Waals surface area contributed by atoms with Crippen molar-refractivity contribution in [1.29, 1.82) is 0 Å². The Morgan fingerprint density at radius 1 is 1.24 bits per heavy atom. The molecule has 2 N–H and O–H groups in total. The summed E-state index contributed by atoms with van der Waals surface area (Å²) in [6.45, 7) is 3.25. The zero-order valence-corrected chi connectivity index (χ0v) is 14.4. The van der Waals surface area contributed by atoms with Gasteiger partial charge in [0.2, 0.25) is 10.0 Å². The molecule has 0 fully saturated rings. The molecular weight excluding hydrogens is 306 g/mol. The van der Waals surface area contributed by atoms with Crippen LogP contribution < -0.4 is 10.0 Å². The van der Waals surface area contributed by atoms with Crippen LogP contribution in [0.3, 0.4) is 0 Å². The number of nitrogens with zero attached hydrogens (tertiary/aromatic N) is 1. The van der Waals surface area contributed by atoms with Gasteiger partial charge in [0, 0.05) is 25.5 Å². The molecule has 0 saturated carbocycles. The second-order valence-electron chi connectivity index (χ2n) is 4.75. The Morgan fingerprint density at radius 3 is 2.76 bits per heavy atom. The number of thioether (sulfide) groups is 1. The van der Waals surface area contributed by atoms with E-state index in [1.165, 1.54) is 6.20 Å². The number of sulfonamides is 1. The molecule has 0 atom stereocenters. The largest absolute Gasteiger partial charge is 0.384 e. The highest BCUT2D eigenvalue weighted by molar-refractivity contribution is 7.98. The lowest BCUT2D eigenvalue weighted by atomic mass is 10.2. The van der Waals surface area contributed by atoms with Gasteiger partial charge in [0.05, 0.1) is 5.69 Å². The average molecular weight is 332 g/mol. The molecule has 0 aliphatic rings. The summed E-state index contributed by atoms with van der Waals surface area (Å²) in [6, 6.07) is 1.70. The molecule has 1 aromatic rings. The van der Waals surface area contributed by atoms with Crippen molar-refractivity contribution in [3.05, 3.63) is 18.5 Å². The number of pyridine rings is 1. The summed E-state index contributed by atoms with van der Waals surface area (Å²) in [7, 11) is -3.49. The number of hydrogen-bond donors (Lipinski definition) is 2. The van der Waals surface area contributed by atoms with E-state index in [0.29, 0.717) is 12.2 Å². The van der Waals surface area contributed by atoms with E-state index in [-0.39, 0.29) is 4.90 Å². The fourth-order valence-electron chi connectivity index (χ4n) is 1.83. The van der Waals surface area contributed by atoms with Gasteiger partial charge in [0.25, 0.3) is 0 Å². The SMILES string of the molecule is CCCNc1ccncc1S(=O)(=O)NCCCCCSC. The molecule has 0 spiro atoms. The molecule has 1 heterocycles. The Bertz CT molecular complexity index is 507. The first kappa shape index (κ1) is 18.3. The van der Waals surface area contributed by atoms with Crippen LogP contribution in [0.4, 0.5) is 5.69 Å². The lowest BCUT2D eigenvalue weighted by Gasteiger charge is -2.12. The maximum atomic E-state index is 12.3. The van der Waals surface area contributed by atoms with Crippen molar-refractivity contribution < 1.29 is 8.42 Å². The zero-order chi connectivity index (χ0) is 15.6. The van der Waals surface area contributed by atoms with E-state index in [2.05, 4.69) is 21.3 Å². The van der Waals surface area contributed by atoms with E-state index in [1.807, 2.05) is 18.7 Å². The predicted molar refractivity (Wildman–Crippen MR) is 90.4 cm³/mol. The van der Waals surface area contributed by atoms with Gasteiger partial charge < -0.3 is 5.32 Å². The minimum atomic E-state index is -3.49. The van der Waals surface area contributed by atoms with Crippen molar-refractivity contribution in [2.75, 3.05) is 30.4 Å². The summed E-state index contributed by atoms with van der Waals surface area (Å²) < 4.78 is 27.3. The third kappa shape index (κ3) is 6.67. The van der Waals surface area contributed by atoms with Crippen molar-refractivity contribution >= 4 is 27.5 Å². The van der Waals surface area contributed by atoms with Crippen molar-refractivity contribution in [2.24, 2.45) is 0 Å². The number of unbranched alkanes of at least 4 members (excludes halogenated alkanes) is 2. The Labute approximate surface area is 132 Å². The Hall–Kier alpha value is -0.790. The minimum absolute atomic E-state index is 0.225. The topological polar surface area (TPSA) is 71.1 Å². The minimum Gasteiger partial charge on any atom is -0.384 e. The number of aromatic nitrogens is 1. The normalized spacial score (nSPS) is 11.5. The molecule has 0 radical (unpaired) electrons. The summed E-state index contributed by atoms with van der Waals surface area (Å²) in [6.07, 6.45) is 9.03. The molecule has 5 nitrogen and oxygen atoms in total. The third-order valence-electron chi connectivity index (χ3n) is 2.96. The summed E-state index contributed by atoms with van der Waals surface area (Å²) in [5.74, 6) is 1.13. The van der Waals surface area contributed by atoms with Gasteiger partial charge in [-0.1, -0.05) is 13.3 Å². The summed E-state index contributed by atoms with van der Waals surface area (Å²) in [5.41, 5.74) is 0.613. The molecule has 0 amide bonds. The Morgan fingerprint density at radius 2 is 2.05 bits per heavy atom. The number of anilines is 1. The molecule has 1 rings (SSSR count). The first-order valence-electron chi connectivity index (χ1n) is 7.28. The molecule has 0 aromatic carbocycles. The molecule has 21 heavy (non-hydrogen) atoms. The van der Waals surface area contributed by atoms with Crippen LogP contribution >= 0.6 is 11.8 Å². The van der Waals surface area contributed by atoms with Crippen LogP contribution in [0.2, 0.25) is 0 Å². The van der Waals surface area contributed by atoms with Crippen LogP contribution in [-0.4, -0.2) is 38.5 Å². The molecule has 120 valence electrons. The molecule has 0 bridgehead atoms. The van der Waals surface area contributed by atoms with Crippen molar-refractivity contribution in [2.45, 2.75) is 37.5 Å². The highest BCUT2D eigenvalue weighted by atomic mass is 32.2. The van der Waals surface area contributed by atoms with Crippen LogP contribution in [0.15, 0.2) is 23.4 Å². The monoisotopic (exact) mass is 331 g/mol. The zero-order valence-electron chi connectivity index (χ0n) is 12.8. The Kier molecular flexibility index (Phi) is 8.72. The van der Waals surface area contributed by atoms with E-state index >= 15 is 0 Å². The predicted octanol–water partition coefficient (Wildman–Crippen LogP) is 2.72. The van der Waals surface area contributed by atoms with Gasteiger partial charge in [0.1, 0.15) is 4.90 Å². The summed E-state index contributed by atoms with van der Waals surface area (Å²) >= 11 is 1.82. The van der Waals surface area contributed by atoms with Gasteiger partial charge >= 0.3 is 0 Å². The fourth-order valence-corrected chi connectivity index (χ4v) is 3.52. The van der Waals surface area contributed by atoms with Crippen molar-refractivity contribution in [3.8, 4) is 0 Å². The van der Waals surface area contributed by atoms with Crippen LogP contribution in [0.25, 0.3) is 0 Å². The van der Waals surface area contributed by atoms with E-state index in [1.54, 1.807) is 12.3 Å². The van der Waals surface area contributed by atoms with E-state index in [9.17, 15) is 8.42 Å². The lowest BCUT2D eigenvalue weighted by molar-refractivity contribution is 0.576. The standard InChI is InChI=1S/C14H25N3O2S2/c1-3-8-16-13-7-10-15-12-14(13)21(18,19)17-9-5-4-6-11-20-2/h7,10,12,17H,3-6,8-9,11H2,1-2H3,(H,15,16). The average Bonchev–Trinajstić information content (AvgIpc) is 2.49. The molecule has 0 aliphatic carbocycles. The van der Waals surface area contributed by atoms with E-state index in [0.717, 1.165) is 38.0 Å². The molecule has 0 saturated heterocycles. The molecule has 7 heteroatoms. The third-order valence-corrected chi connectivity index (χ3v) is 5.14. The number of nitrogens with one attached hydrogen (secondary N) is 2. The van der Waals surface area contributed by atoms with Gasteiger partial charge in [-0.25, -0.2) is 13.1 Å². The first-order chi connectivity index (χ1) is 10.1. The quantitative estimate of drug-likeness (QED) is 0.610. The second-order valence-corrected chi connectivity index (χ2v) is 7.47. The van der Waals surface area contributed by atoms with Gasteiger partial charge in [-0.2, -0.15) is 11.8 Å². The smallest absolute Gasteiger partial charge is 0.244 e. The Balaban J connectivity index is 2.57. The number of rotatable bonds is 11. The van der Waals surface area contributed by atoms with Crippen LogP contribution in [0.1, 0.15) is 32.6 Å². The maximum absolute atomic E-state index is 12.3. The summed E-state index contributed by atoms with van der Waals surface area (Å²) in [4.78, 5) is 4.15. The molecule has 0 aliphatic heterocycles. The van der Waals surface area contributed by atoms with Crippen LogP contribution in [0.5, 0.6) is 0 Å². The number of hydrogen-bond acceptors (Lipinski definition) is 5. The van der Waals surface area contributed by atoms with Gasteiger partial charge in [-0.05, 0) is 37.3 Å². The van der Waals surface area contributed by atoms with Crippen molar-refractivity contribution in [3.63, 3.8) is 0 Å².